The van der Waals surface area contributed by atoms with Crippen molar-refractivity contribution in [2.24, 2.45) is 11.8 Å². The molecule has 2 saturated carbocycles. The van der Waals surface area contributed by atoms with Gasteiger partial charge in [0.1, 0.15) is 0 Å². The van der Waals surface area contributed by atoms with Gasteiger partial charge in [-0.25, -0.2) is 0 Å². The molecule has 2 aliphatic carbocycles. The fourth-order valence-corrected chi connectivity index (χ4v) is 3.54. The summed E-state index contributed by atoms with van der Waals surface area (Å²) in [4.78, 5) is 12.3. The number of anilines is 1. The van der Waals surface area contributed by atoms with Crippen molar-refractivity contribution in [3.63, 3.8) is 0 Å². The van der Waals surface area contributed by atoms with E-state index in [2.05, 4.69) is 29.4 Å². The maximum Gasteiger partial charge on any atom is 0.274 e. The number of carbonyl (C=O) groups is 1. The zero-order valence-corrected chi connectivity index (χ0v) is 12.3. The second-order valence-corrected chi connectivity index (χ2v) is 6.76. The van der Waals surface area contributed by atoms with E-state index in [0.29, 0.717) is 29.1 Å². The lowest BCUT2D eigenvalue weighted by atomic mass is 9.80. The molecule has 5 nitrogen and oxygen atoms in total. The molecular weight excluding hydrogens is 252 g/mol. The summed E-state index contributed by atoms with van der Waals surface area (Å²) in [5.74, 6) is 1.70. The Kier molecular flexibility index (Phi) is 3.44. The van der Waals surface area contributed by atoms with Crippen molar-refractivity contribution in [1.29, 1.82) is 0 Å². The smallest absolute Gasteiger partial charge is 0.274 e. The van der Waals surface area contributed by atoms with Crippen molar-refractivity contribution in [2.45, 2.75) is 57.9 Å². The molecule has 1 amide bonds. The van der Waals surface area contributed by atoms with E-state index in [4.69, 9.17) is 5.73 Å². The monoisotopic (exact) mass is 276 g/mol. The summed E-state index contributed by atoms with van der Waals surface area (Å²) < 4.78 is 0. The van der Waals surface area contributed by atoms with Gasteiger partial charge in [-0.3, -0.25) is 9.89 Å². The SMILES string of the molecule is CC1CC(C)CC(NC(=O)c2n[nH]c(C3CC3)c2N)C1. The Hall–Kier alpha value is -1.52. The average Bonchev–Trinajstić information content (AvgIpc) is 3.11. The van der Waals surface area contributed by atoms with Gasteiger partial charge in [-0.05, 0) is 43.9 Å². The number of hydrogen-bond acceptors (Lipinski definition) is 3. The largest absolute Gasteiger partial charge is 0.395 e. The number of nitrogens with one attached hydrogen (secondary N) is 2. The summed E-state index contributed by atoms with van der Waals surface area (Å²) in [5.41, 5.74) is 7.91. The van der Waals surface area contributed by atoms with E-state index in [9.17, 15) is 4.79 Å². The van der Waals surface area contributed by atoms with Crippen LogP contribution in [0.4, 0.5) is 5.69 Å². The first kappa shape index (κ1) is 13.5. The summed E-state index contributed by atoms with van der Waals surface area (Å²) in [7, 11) is 0. The highest BCUT2D eigenvalue weighted by atomic mass is 16.2. The molecule has 5 heteroatoms. The lowest BCUT2D eigenvalue weighted by Gasteiger charge is -2.31. The minimum Gasteiger partial charge on any atom is -0.395 e. The predicted octanol–water partition coefficient (Wildman–Crippen LogP) is 2.42. The van der Waals surface area contributed by atoms with Gasteiger partial charge >= 0.3 is 0 Å². The fourth-order valence-electron chi connectivity index (χ4n) is 3.54. The molecule has 0 bridgehead atoms. The molecule has 2 aliphatic rings. The average molecular weight is 276 g/mol. The first-order valence-electron chi connectivity index (χ1n) is 7.69. The highest BCUT2D eigenvalue weighted by Gasteiger charge is 2.31. The topological polar surface area (TPSA) is 83.8 Å². The first-order chi connectivity index (χ1) is 9.54. The summed E-state index contributed by atoms with van der Waals surface area (Å²) in [6.45, 7) is 4.51. The number of H-pyrrole nitrogens is 1. The molecule has 0 radical (unpaired) electrons. The Morgan fingerprint density at radius 2 is 1.90 bits per heavy atom. The van der Waals surface area contributed by atoms with Crippen LogP contribution in [0, 0.1) is 11.8 Å². The third-order valence-electron chi connectivity index (χ3n) is 4.55. The van der Waals surface area contributed by atoms with Crippen molar-refractivity contribution in [1.82, 2.24) is 15.5 Å². The second kappa shape index (κ2) is 5.11. The van der Waals surface area contributed by atoms with E-state index in [1.807, 2.05) is 0 Å². The summed E-state index contributed by atoms with van der Waals surface area (Å²) >= 11 is 0. The van der Waals surface area contributed by atoms with Crippen LogP contribution in [0.15, 0.2) is 0 Å². The molecule has 110 valence electrons. The maximum absolute atomic E-state index is 12.3. The Labute approximate surface area is 119 Å². The minimum absolute atomic E-state index is 0.128. The number of aromatic nitrogens is 2. The van der Waals surface area contributed by atoms with Crippen molar-refractivity contribution in [3.8, 4) is 0 Å². The molecule has 2 unspecified atom stereocenters. The number of carbonyl (C=O) groups excluding carboxylic acids is 1. The third kappa shape index (κ3) is 2.67. The zero-order valence-electron chi connectivity index (χ0n) is 12.3. The maximum atomic E-state index is 12.3. The Bertz CT molecular complexity index is 496. The zero-order chi connectivity index (χ0) is 14.3. The van der Waals surface area contributed by atoms with Crippen LogP contribution in [-0.2, 0) is 0 Å². The van der Waals surface area contributed by atoms with Crippen LogP contribution in [0.5, 0.6) is 0 Å². The van der Waals surface area contributed by atoms with Crippen molar-refractivity contribution >= 4 is 11.6 Å². The number of rotatable bonds is 3. The standard InChI is InChI=1S/C15H24N4O/c1-8-5-9(2)7-11(6-8)17-15(20)14-12(16)13(18-19-14)10-3-4-10/h8-11H,3-7,16H2,1-2H3,(H,17,20)(H,18,19). The van der Waals surface area contributed by atoms with Crippen molar-refractivity contribution < 1.29 is 4.79 Å². The van der Waals surface area contributed by atoms with Crippen molar-refractivity contribution in [2.75, 3.05) is 5.73 Å². The van der Waals surface area contributed by atoms with Gasteiger partial charge in [-0.15, -0.1) is 0 Å². The molecule has 1 heterocycles. The van der Waals surface area contributed by atoms with Gasteiger partial charge in [-0.2, -0.15) is 5.10 Å². The van der Waals surface area contributed by atoms with Gasteiger partial charge in [0.15, 0.2) is 5.69 Å². The van der Waals surface area contributed by atoms with Crippen LogP contribution in [0.25, 0.3) is 0 Å². The van der Waals surface area contributed by atoms with Gasteiger partial charge in [0.05, 0.1) is 11.4 Å². The van der Waals surface area contributed by atoms with Crippen LogP contribution in [0.1, 0.15) is 68.1 Å². The minimum atomic E-state index is -0.128. The summed E-state index contributed by atoms with van der Waals surface area (Å²) in [6, 6.07) is 0.252. The van der Waals surface area contributed by atoms with E-state index in [0.717, 1.165) is 31.4 Å². The lowest BCUT2D eigenvalue weighted by molar-refractivity contribution is 0.0907. The molecule has 1 aromatic heterocycles. The van der Waals surface area contributed by atoms with Gasteiger partial charge in [0.25, 0.3) is 5.91 Å². The third-order valence-corrected chi connectivity index (χ3v) is 4.55. The molecule has 0 aliphatic heterocycles. The van der Waals surface area contributed by atoms with E-state index in [-0.39, 0.29) is 11.9 Å². The molecule has 3 rings (SSSR count). The predicted molar refractivity (Wildman–Crippen MR) is 78.4 cm³/mol. The number of aromatic amines is 1. The lowest BCUT2D eigenvalue weighted by Crippen LogP contribution is -2.40. The number of hydrogen-bond donors (Lipinski definition) is 3. The molecule has 2 atom stereocenters. The van der Waals surface area contributed by atoms with Gasteiger partial charge in [0.2, 0.25) is 0 Å². The van der Waals surface area contributed by atoms with E-state index in [1.54, 1.807) is 0 Å². The molecule has 4 N–H and O–H groups in total. The number of nitrogens with two attached hydrogens (primary N) is 1. The van der Waals surface area contributed by atoms with Crippen LogP contribution in [0.3, 0.4) is 0 Å². The molecule has 1 aromatic rings. The Morgan fingerprint density at radius 1 is 1.25 bits per heavy atom. The molecule has 0 spiro atoms. The summed E-state index contributed by atoms with van der Waals surface area (Å²) in [6.07, 6.45) is 5.64. The molecular formula is C15H24N4O. The number of amides is 1. The highest BCUT2D eigenvalue weighted by molar-refractivity contribution is 5.97. The Balaban J connectivity index is 1.66. The second-order valence-electron chi connectivity index (χ2n) is 6.76. The van der Waals surface area contributed by atoms with Gasteiger partial charge < -0.3 is 11.1 Å². The number of nitrogens with zero attached hydrogens (tertiary/aromatic N) is 1. The molecule has 0 saturated heterocycles. The van der Waals surface area contributed by atoms with Gasteiger partial charge in [0, 0.05) is 12.0 Å². The van der Waals surface area contributed by atoms with Crippen LogP contribution < -0.4 is 11.1 Å². The van der Waals surface area contributed by atoms with E-state index in [1.165, 1.54) is 6.42 Å². The Morgan fingerprint density at radius 3 is 2.50 bits per heavy atom. The summed E-state index contributed by atoms with van der Waals surface area (Å²) in [5, 5.41) is 10.2. The van der Waals surface area contributed by atoms with Crippen molar-refractivity contribution in [3.05, 3.63) is 11.4 Å². The van der Waals surface area contributed by atoms with Crippen LogP contribution in [0.2, 0.25) is 0 Å². The van der Waals surface area contributed by atoms with E-state index < -0.39 is 0 Å². The van der Waals surface area contributed by atoms with Gasteiger partial charge in [-0.1, -0.05) is 13.8 Å². The first-order valence-corrected chi connectivity index (χ1v) is 7.69. The fraction of sp³-hybridized carbons (Fsp3) is 0.733. The molecule has 2 fully saturated rings. The quantitative estimate of drug-likeness (QED) is 0.792. The van der Waals surface area contributed by atoms with Crippen LogP contribution >= 0.6 is 0 Å². The molecule has 0 aromatic carbocycles. The number of nitrogen functional groups attached to an aromatic ring is 1. The van der Waals surface area contributed by atoms with E-state index >= 15 is 0 Å². The normalized spacial score (nSPS) is 30.2. The van der Waals surface area contributed by atoms with Crippen LogP contribution in [-0.4, -0.2) is 22.1 Å². The molecule has 20 heavy (non-hydrogen) atoms. The highest BCUT2D eigenvalue weighted by Crippen LogP contribution is 2.42.